The number of rotatable bonds is 5. The maximum Gasteiger partial charge on any atom is 0.335 e. The number of carboxylic acids is 1. The Kier molecular flexibility index (Phi) is 6.19. The van der Waals surface area contributed by atoms with Gasteiger partial charge in [-0.1, -0.05) is 67.5 Å². The first kappa shape index (κ1) is 19.0. The van der Waals surface area contributed by atoms with Crippen LogP contribution in [0.1, 0.15) is 62.9 Å². The summed E-state index contributed by atoms with van der Waals surface area (Å²) >= 11 is 0. The topological polar surface area (TPSA) is 37.3 Å². The highest BCUT2D eigenvalue weighted by atomic mass is 16.4. The average Bonchev–Trinajstić information content (AvgIpc) is 2.54. The predicted molar refractivity (Wildman–Crippen MR) is 106 cm³/mol. The van der Waals surface area contributed by atoms with Crippen molar-refractivity contribution in [1.29, 1.82) is 0 Å². The molecular weight excluding hydrogens is 308 g/mol. The fraction of sp³-hybridized carbons (Fsp3) is 0.348. The van der Waals surface area contributed by atoms with Gasteiger partial charge < -0.3 is 5.11 Å². The quantitative estimate of drug-likeness (QED) is 0.629. The molecule has 25 heavy (non-hydrogen) atoms. The Hall–Kier alpha value is -2.35. The standard InChI is InChI=1S/C23H28O2/c1-17(10-15-21-18(2)8-6-16-23(21,3)4)7-5-9-19-11-13-20(14-12-19)22(24)25/h5,7,9-15H,6,8,16H2,1-4H3,(H,24,25)/b9-5-,15-10+,17-7-. The minimum Gasteiger partial charge on any atom is -0.478 e. The molecule has 2 nitrogen and oxygen atoms in total. The van der Waals surface area contributed by atoms with Crippen LogP contribution in [0.2, 0.25) is 0 Å². The van der Waals surface area contributed by atoms with E-state index < -0.39 is 5.97 Å². The van der Waals surface area contributed by atoms with Crippen LogP contribution in [0.15, 0.2) is 65.3 Å². The summed E-state index contributed by atoms with van der Waals surface area (Å²) in [5, 5.41) is 8.91. The fourth-order valence-electron chi connectivity index (χ4n) is 3.33. The Morgan fingerprint density at radius 2 is 1.84 bits per heavy atom. The number of hydrogen-bond donors (Lipinski definition) is 1. The molecule has 1 N–H and O–H groups in total. The van der Waals surface area contributed by atoms with Crippen molar-refractivity contribution >= 4 is 12.0 Å². The first-order valence-electron chi connectivity index (χ1n) is 8.86. The van der Waals surface area contributed by atoms with Crippen molar-refractivity contribution in [3.63, 3.8) is 0 Å². The molecule has 1 aromatic carbocycles. The zero-order valence-corrected chi connectivity index (χ0v) is 15.7. The van der Waals surface area contributed by atoms with Crippen molar-refractivity contribution < 1.29 is 9.90 Å². The number of aromatic carboxylic acids is 1. The van der Waals surface area contributed by atoms with E-state index in [1.165, 1.54) is 36.0 Å². The zero-order valence-electron chi connectivity index (χ0n) is 15.7. The molecule has 2 heteroatoms. The molecule has 0 amide bonds. The van der Waals surface area contributed by atoms with Gasteiger partial charge in [-0.2, -0.15) is 0 Å². The summed E-state index contributed by atoms with van der Waals surface area (Å²) in [4.78, 5) is 10.8. The Morgan fingerprint density at radius 3 is 2.44 bits per heavy atom. The molecular formula is C23H28O2. The second-order valence-electron chi connectivity index (χ2n) is 7.46. The van der Waals surface area contributed by atoms with Crippen molar-refractivity contribution in [3.8, 4) is 0 Å². The highest BCUT2D eigenvalue weighted by molar-refractivity contribution is 5.87. The van der Waals surface area contributed by atoms with E-state index in [4.69, 9.17) is 5.11 Å². The minimum atomic E-state index is -0.897. The summed E-state index contributed by atoms with van der Waals surface area (Å²) in [5.41, 5.74) is 5.74. The van der Waals surface area contributed by atoms with E-state index in [-0.39, 0.29) is 5.41 Å². The molecule has 0 radical (unpaired) electrons. The summed E-state index contributed by atoms with van der Waals surface area (Å²) in [6, 6.07) is 6.88. The van der Waals surface area contributed by atoms with Crippen molar-refractivity contribution in [3.05, 3.63) is 76.4 Å². The van der Waals surface area contributed by atoms with Crippen LogP contribution >= 0.6 is 0 Å². The van der Waals surface area contributed by atoms with E-state index in [2.05, 4.69) is 45.9 Å². The molecule has 0 fully saturated rings. The van der Waals surface area contributed by atoms with Crippen LogP contribution in [0.25, 0.3) is 6.08 Å². The van der Waals surface area contributed by atoms with Gasteiger partial charge in [0.05, 0.1) is 5.56 Å². The molecule has 0 saturated heterocycles. The summed E-state index contributed by atoms with van der Waals surface area (Å²) in [7, 11) is 0. The highest BCUT2D eigenvalue weighted by Gasteiger charge is 2.26. The van der Waals surface area contributed by atoms with Crippen molar-refractivity contribution in [2.45, 2.75) is 47.0 Å². The first-order valence-corrected chi connectivity index (χ1v) is 8.86. The lowest BCUT2D eigenvalue weighted by atomic mass is 9.72. The second kappa shape index (κ2) is 8.15. The summed E-state index contributed by atoms with van der Waals surface area (Å²) in [6.45, 7) is 9.00. The smallest absolute Gasteiger partial charge is 0.335 e. The molecule has 1 aliphatic carbocycles. The summed E-state index contributed by atoms with van der Waals surface area (Å²) in [6.07, 6.45) is 14.3. The van der Waals surface area contributed by atoms with Crippen molar-refractivity contribution in [2.24, 2.45) is 5.41 Å². The van der Waals surface area contributed by atoms with Crippen LogP contribution in [-0.4, -0.2) is 11.1 Å². The fourth-order valence-corrected chi connectivity index (χ4v) is 3.33. The van der Waals surface area contributed by atoms with E-state index in [0.29, 0.717) is 5.56 Å². The number of carbonyl (C=O) groups is 1. The molecule has 0 bridgehead atoms. The molecule has 0 heterocycles. The molecule has 0 aliphatic heterocycles. The summed E-state index contributed by atoms with van der Waals surface area (Å²) < 4.78 is 0. The monoisotopic (exact) mass is 336 g/mol. The largest absolute Gasteiger partial charge is 0.478 e. The highest BCUT2D eigenvalue weighted by Crippen LogP contribution is 2.40. The molecule has 132 valence electrons. The molecule has 2 rings (SSSR count). The Labute approximate surface area is 151 Å². The summed E-state index contributed by atoms with van der Waals surface area (Å²) in [5.74, 6) is -0.897. The van der Waals surface area contributed by atoms with Crippen LogP contribution in [0.5, 0.6) is 0 Å². The molecule has 1 aliphatic rings. The van der Waals surface area contributed by atoms with Crippen LogP contribution < -0.4 is 0 Å². The molecule has 0 atom stereocenters. The van der Waals surface area contributed by atoms with E-state index in [9.17, 15) is 4.79 Å². The normalized spacial score (nSPS) is 18.3. The van der Waals surface area contributed by atoms with Gasteiger partial charge in [0.2, 0.25) is 0 Å². The number of allylic oxidation sites excluding steroid dienone is 7. The Morgan fingerprint density at radius 1 is 1.16 bits per heavy atom. The third-order valence-electron chi connectivity index (χ3n) is 4.86. The SMILES string of the molecule is CC1=C(/C=C/C(C)=C\C=C/c2ccc(C(=O)O)cc2)C(C)(C)CCC1. The van der Waals surface area contributed by atoms with Gasteiger partial charge in [0.25, 0.3) is 0 Å². The third-order valence-corrected chi connectivity index (χ3v) is 4.86. The Bertz CT molecular complexity index is 741. The van der Waals surface area contributed by atoms with E-state index >= 15 is 0 Å². The third kappa shape index (κ3) is 5.32. The van der Waals surface area contributed by atoms with Crippen LogP contribution in [0.4, 0.5) is 0 Å². The van der Waals surface area contributed by atoms with E-state index in [0.717, 1.165) is 5.56 Å². The molecule has 0 spiro atoms. The molecule has 0 saturated carbocycles. The van der Waals surface area contributed by atoms with Gasteiger partial charge in [0.15, 0.2) is 0 Å². The van der Waals surface area contributed by atoms with E-state index in [1.54, 1.807) is 12.1 Å². The molecule has 1 aromatic rings. The van der Waals surface area contributed by atoms with Gasteiger partial charge in [-0.05, 0) is 61.8 Å². The van der Waals surface area contributed by atoms with Crippen molar-refractivity contribution in [1.82, 2.24) is 0 Å². The van der Waals surface area contributed by atoms with Crippen LogP contribution in [0.3, 0.4) is 0 Å². The lowest BCUT2D eigenvalue weighted by Crippen LogP contribution is -2.19. The first-order chi connectivity index (χ1) is 11.8. The number of hydrogen-bond acceptors (Lipinski definition) is 1. The van der Waals surface area contributed by atoms with Gasteiger partial charge in [0, 0.05) is 0 Å². The maximum absolute atomic E-state index is 10.8. The minimum absolute atomic E-state index is 0.265. The Balaban J connectivity index is 2.05. The molecule has 0 aromatic heterocycles. The second-order valence-corrected chi connectivity index (χ2v) is 7.46. The van der Waals surface area contributed by atoms with Gasteiger partial charge in [-0.25, -0.2) is 4.79 Å². The van der Waals surface area contributed by atoms with Gasteiger partial charge in [0.1, 0.15) is 0 Å². The van der Waals surface area contributed by atoms with Crippen LogP contribution in [-0.2, 0) is 0 Å². The van der Waals surface area contributed by atoms with Crippen LogP contribution in [0, 0.1) is 5.41 Å². The zero-order chi connectivity index (χ0) is 18.4. The molecule has 0 unspecified atom stereocenters. The average molecular weight is 336 g/mol. The number of carboxylic acid groups (broad SMARTS) is 1. The van der Waals surface area contributed by atoms with Gasteiger partial charge in [-0.15, -0.1) is 0 Å². The van der Waals surface area contributed by atoms with E-state index in [1.807, 2.05) is 24.3 Å². The van der Waals surface area contributed by atoms with Gasteiger partial charge >= 0.3 is 5.97 Å². The van der Waals surface area contributed by atoms with Gasteiger partial charge in [-0.3, -0.25) is 0 Å². The lowest BCUT2D eigenvalue weighted by Gasteiger charge is -2.32. The maximum atomic E-state index is 10.8. The number of benzene rings is 1. The predicted octanol–water partition coefficient (Wildman–Crippen LogP) is 6.43. The van der Waals surface area contributed by atoms with Crippen molar-refractivity contribution in [2.75, 3.05) is 0 Å². The lowest BCUT2D eigenvalue weighted by molar-refractivity contribution is 0.0697.